The first-order valence-electron chi connectivity index (χ1n) is 8.28. The van der Waals surface area contributed by atoms with Crippen LogP contribution in [-0.2, 0) is 0 Å². The normalized spacial score (nSPS) is 10.6. The van der Waals surface area contributed by atoms with E-state index in [4.69, 9.17) is 4.74 Å². The molecule has 0 aliphatic carbocycles. The molecule has 3 rings (SSSR count). The molecule has 0 amide bonds. The average molecular weight is 364 g/mol. The monoisotopic (exact) mass is 364 g/mol. The topological polar surface area (TPSA) is 52.1 Å². The third-order valence-electron chi connectivity index (χ3n) is 4.21. The summed E-state index contributed by atoms with van der Waals surface area (Å²) in [5.74, 6) is 1.11. The van der Waals surface area contributed by atoms with Gasteiger partial charge in [-0.2, -0.15) is 0 Å². The molecule has 0 N–H and O–H groups in total. The minimum Gasteiger partial charge on any atom is -0.497 e. The molecule has 0 atom stereocenters. The molecule has 4 nitrogen and oxygen atoms in total. The molecule has 3 aromatic rings. The van der Waals surface area contributed by atoms with Gasteiger partial charge in [-0.15, -0.1) is 10.2 Å². The van der Waals surface area contributed by atoms with Gasteiger partial charge in [-0.3, -0.25) is 4.79 Å². The van der Waals surface area contributed by atoms with Crippen molar-refractivity contribution in [3.05, 3.63) is 71.3 Å². The largest absolute Gasteiger partial charge is 0.497 e. The molecule has 2 aromatic carbocycles. The number of hydrogen-bond donors (Lipinski definition) is 0. The Morgan fingerprint density at radius 1 is 0.962 bits per heavy atom. The molecular formula is C21H20N2O2S. The Morgan fingerprint density at radius 3 is 2.35 bits per heavy atom. The number of Topliss-reactive ketones (excluding diaryl/α,β-unsaturated/α-hetero) is 1. The molecule has 0 aliphatic heterocycles. The van der Waals surface area contributed by atoms with Gasteiger partial charge in [-0.05, 0) is 67.4 Å². The number of carbonyl (C=O) groups excluding carboxylic acids is 1. The minimum absolute atomic E-state index is 0.0534. The van der Waals surface area contributed by atoms with Gasteiger partial charge in [0.15, 0.2) is 5.78 Å². The number of carbonyl (C=O) groups is 1. The maximum absolute atomic E-state index is 12.3. The third kappa shape index (κ3) is 4.29. The van der Waals surface area contributed by atoms with Crippen LogP contribution in [0.15, 0.2) is 59.6 Å². The highest BCUT2D eigenvalue weighted by Crippen LogP contribution is 2.23. The van der Waals surface area contributed by atoms with E-state index in [1.54, 1.807) is 31.4 Å². The lowest BCUT2D eigenvalue weighted by atomic mass is 10.0. The lowest BCUT2D eigenvalue weighted by Crippen LogP contribution is -2.02. The highest BCUT2D eigenvalue weighted by molar-refractivity contribution is 7.99. The van der Waals surface area contributed by atoms with E-state index in [-0.39, 0.29) is 5.78 Å². The fourth-order valence-electron chi connectivity index (χ4n) is 2.45. The Morgan fingerprint density at radius 2 is 1.73 bits per heavy atom. The van der Waals surface area contributed by atoms with Crippen molar-refractivity contribution in [1.29, 1.82) is 0 Å². The van der Waals surface area contributed by atoms with Gasteiger partial charge < -0.3 is 4.74 Å². The third-order valence-corrected chi connectivity index (χ3v) is 5.13. The number of aryl methyl sites for hydroxylation is 2. The number of aromatic nitrogens is 2. The zero-order chi connectivity index (χ0) is 18.5. The van der Waals surface area contributed by atoms with Gasteiger partial charge in [-0.1, -0.05) is 23.9 Å². The molecule has 132 valence electrons. The number of rotatable bonds is 6. The van der Waals surface area contributed by atoms with E-state index in [0.717, 1.165) is 22.0 Å². The van der Waals surface area contributed by atoms with Crippen molar-refractivity contribution in [2.75, 3.05) is 12.9 Å². The van der Waals surface area contributed by atoms with Crippen LogP contribution in [0.3, 0.4) is 0 Å². The number of ether oxygens (including phenoxy) is 1. The first-order chi connectivity index (χ1) is 12.6. The molecule has 0 saturated carbocycles. The molecule has 1 heterocycles. The van der Waals surface area contributed by atoms with Crippen molar-refractivity contribution in [1.82, 2.24) is 10.2 Å². The summed E-state index contributed by atoms with van der Waals surface area (Å²) < 4.78 is 5.10. The van der Waals surface area contributed by atoms with Crippen molar-refractivity contribution in [3.63, 3.8) is 0 Å². The Kier molecular flexibility index (Phi) is 5.68. The molecule has 0 saturated heterocycles. The van der Waals surface area contributed by atoms with Crippen LogP contribution in [0.25, 0.3) is 11.3 Å². The van der Waals surface area contributed by atoms with Gasteiger partial charge in [0.25, 0.3) is 0 Å². The number of hydrogen-bond acceptors (Lipinski definition) is 5. The lowest BCUT2D eigenvalue weighted by molar-refractivity contribution is 0.102. The van der Waals surface area contributed by atoms with E-state index in [0.29, 0.717) is 11.3 Å². The van der Waals surface area contributed by atoms with Crippen LogP contribution in [0.2, 0.25) is 0 Å². The van der Waals surface area contributed by atoms with Gasteiger partial charge in [0.05, 0.1) is 18.6 Å². The summed E-state index contributed by atoms with van der Waals surface area (Å²) in [5.41, 5.74) is 5.03. The van der Waals surface area contributed by atoms with Gasteiger partial charge in [0, 0.05) is 11.1 Å². The first kappa shape index (κ1) is 18.1. The predicted octanol–water partition coefficient (Wildman–Crippen LogP) is 4.74. The molecule has 0 spiro atoms. The van der Waals surface area contributed by atoms with Crippen molar-refractivity contribution >= 4 is 17.5 Å². The quantitative estimate of drug-likeness (QED) is 0.467. The smallest absolute Gasteiger partial charge is 0.173 e. The highest BCUT2D eigenvalue weighted by atomic mass is 32.2. The Balaban J connectivity index is 1.63. The Labute approximate surface area is 157 Å². The van der Waals surface area contributed by atoms with E-state index in [9.17, 15) is 4.79 Å². The lowest BCUT2D eigenvalue weighted by Gasteiger charge is -2.05. The molecule has 1 aromatic heterocycles. The summed E-state index contributed by atoms with van der Waals surface area (Å²) in [6.45, 7) is 4.17. The number of benzene rings is 2. The maximum atomic E-state index is 12.3. The SMILES string of the molecule is COc1ccc(C(=O)CSc2ccc(-c3ccc(C)c(C)c3)nn2)cc1. The second-order valence-electron chi connectivity index (χ2n) is 6.00. The molecule has 0 aliphatic rings. The highest BCUT2D eigenvalue weighted by Gasteiger charge is 2.09. The molecule has 0 unspecified atom stereocenters. The summed E-state index contributed by atoms with van der Waals surface area (Å²) in [6.07, 6.45) is 0. The first-order valence-corrected chi connectivity index (χ1v) is 9.27. The zero-order valence-electron chi connectivity index (χ0n) is 15.0. The Bertz CT molecular complexity index is 906. The van der Waals surface area contributed by atoms with E-state index in [1.165, 1.54) is 22.9 Å². The van der Waals surface area contributed by atoms with Crippen molar-refractivity contribution in [2.24, 2.45) is 0 Å². The standard InChI is InChI=1S/C21H20N2O2S/c1-14-4-5-17(12-15(14)2)19-10-11-21(23-22-19)26-13-20(24)16-6-8-18(25-3)9-7-16/h4-12H,13H2,1-3H3. The summed E-state index contributed by atoms with van der Waals surface area (Å²) in [4.78, 5) is 12.3. The van der Waals surface area contributed by atoms with Crippen LogP contribution in [0, 0.1) is 13.8 Å². The predicted molar refractivity (Wildman–Crippen MR) is 105 cm³/mol. The van der Waals surface area contributed by atoms with E-state index in [1.807, 2.05) is 18.2 Å². The zero-order valence-corrected chi connectivity index (χ0v) is 15.8. The van der Waals surface area contributed by atoms with E-state index >= 15 is 0 Å². The van der Waals surface area contributed by atoms with Crippen LogP contribution in [0.1, 0.15) is 21.5 Å². The number of thioether (sulfide) groups is 1. The molecular weight excluding hydrogens is 344 g/mol. The fourth-order valence-corrected chi connectivity index (χ4v) is 3.16. The van der Waals surface area contributed by atoms with Crippen molar-refractivity contribution in [2.45, 2.75) is 18.9 Å². The molecule has 0 bridgehead atoms. The van der Waals surface area contributed by atoms with Crippen LogP contribution in [0.4, 0.5) is 0 Å². The number of ketones is 1. The van der Waals surface area contributed by atoms with Gasteiger partial charge in [0.2, 0.25) is 0 Å². The second-order valence-corrected chi connectivity index (χ2v) is 6.99. The number of methoxy groups -OCH3 is 1. The van der Waals surface area contributed by atoms with Crippen LogP contribution >= 0.6 is 11.8 Å². The molecule has 0 radical (unpaired) electrons. The average Bonchev–Trinajstić information content (AvgIpc) is 2.68. The fraction of sp³-hybridized carbons (Fsp3) is 0.190. The molecule has 0 fully saturated rings. The van der Waals surface area contributed by atoms with Gasteiger partial charge >= 0.3 is 0 Å². The van der Waals surface area contributed by atoms with Gasteiger partial charge in [-0.25, -0.2) is 0 Å². The second kappa shape index (κ2) is 8.15. The van der Waals surface area contributed by atoms with Crippen LogP contribution in [-0.4, -0.2) is 28.8 Å². The summed E-state index contributed by atoms with van der Waals surface area (Å²) in [6, 6.07) is 17.2. The maximum Gasteiger partial charge on any atom is 0.173 e. The molecule has 26 heavy (non-hydrogen) atoms. The van der Waals surface area contributed by atoms with E-state index < -0.39 is 0 Å². The number of nitrogens with zero attached hydrogens (tertiary/aromatic N) is 2. The molecule has 5 heteroatoms. The summed E-state index contributed by atoms with van der Waals surface area (Å²) >= 11 is 1.39. The summed E-state index contributed by atoms with van der Waals surface area (Å²) in [5, 5.41) is 9.27. The summed E-state index contributed by atoms with van der Waals surface area (Å²) in [7, 11) is 1.60. The van der Waals surface area contributed by atoms with Gasteiger partial charge in [0.1, 0.15) is 10.8 Å². The van der Waals surface area contributed by atoms with Crippen LogP contribution in [0.5, 0.6) is 5.75 Å². The van der Waals surface area contributed by atoms with Crippen molar-refractivity contribution < 1.29 is 9.53 Å². The Hall–Kier alpha value is -2.66. The van der Waals surface area contributed by atoms with E-state index in [2.05, 4.69) is 36.2 Å². The minimum atomic E-state index is 0.0534. The van der Waals surface area contributed by atoms with Crippen molar-refractivity contribution in [3.8, 4) is 17.0 Å². The van der Waals surface area contributed by atoms with Crippen LogP contribution < -0.4 is 4.74 Å².